The molecule has 1 saturated carbocycles. The van der Waals surface area contributed by atoms with Gasteiger partial charge in [-0.3, -0.25) is 0 Å². The lowest BCUT2D eigenvalue weighted by Crippen LogP contribution is -2.46. The summed E-state index contributed by atoms with van der Waals surface area (Å²) in [5, 5.41) is 0. The van der Waals surface area contributed by atoms with Crippen LogP contribution < -0.4 is 5.73 Å². The van der Waals surface area contributed by atoms with E-state index in [-0.39, 0.29) is 25.2 Å². The third-order valence-electron chi connectivity index (χ3n) is 3.35. The van der Waals surface area contributed by atoms with Crippen molar-refractivity contribution in [3.63, 3.8) is 0 Å². The Balaban J connectivity index is 2.26. The summed E-state index contributed by atoms with van der Waals surface area (Å²) in [6.45, 7) is 4.36. The molecule has 1 rings (SSSR count). The molecule has 1 aliphatic carbocycles. The van der Waals surface area contributed by atoms with Crippen LogP contribution in [-0.2, 0) is 4.74 Å². The van der Waals surface area contributed by atoms with Gasteiger partial charge in [-0.05, 0) is 31.1 Å². The van der Waals surface area contributed by atoms with Gasteiger partial charge in [-0.1, -0.05) is 13.8 Å². The number of hydrogen-bond acceptors (Lipinski definition) is 2. The molecule has 17 heavy (non-hydrogen) atoms. The van der Waals surface area contributed by atoms with Gasteiger partial charge in [-0.15, -0.1) is 0 Å². The number of alkyl halides is 3. The predicted octanol–water partition coefficient (Wildman–Crippen LogP) is 3.11. The Morgan fingerprint density at radius 2 is 1.88 bits per heavy atom. The first-order valence-electron chi connectivity index (χ1n) is 6.23. The highest BCUT2D eigenvalue weighted by Gasteiger charge is 2.33. The number of hydrogen-bond donors (Lipinski definition) is 1. The molecule has 102 valence electrons. The van der Waals surface area contributed by atoms with Crippen LogP contribution in [0.15, 0.2) is 0 Å². The lowest BCUT2D eigenvalue weighted by molar-refractivity contribution is -0.140. The van der Waals surface area contributed by atoms with E-state index in [0.29, 0.717) is 11.8 Å². The Bertz CT molecular complexity index is 220. The average molecular weight is 253 g/mol. The van der Waals surface area contributed by atoms with Gasteiger partial charge < -0.3 is 10.5 Å². The van der Waals surface area contributed by atoms with E-state index in [9.17, 15) is 13.2 Å². The highest BCUT2D eigenvalue weighted by atomic mass is 19.4. The maximum Gasteiger partial charge on any atom is 0.389 e. The quantitative estimate of drug-likeness (QED) is 0.781. The van der Waals surface area contributed by atoms with E-state index < -0.39 is 12.6 Å². The highest BCUT2D eigenvalue weighted by Crippen LogP contribution is 2.30. The fourth-order valence-corrected chi connectivity index (χ4v) is 2.67. The molecule has 2 N–H and O–H groups in total. The standard InChI is InChI=1S/C12H22F3NO/c1-8-6-9(2)11(10(16)7-8)17-5-3-4-12(13,14)15/h8-11H,3-7,16H2,1-2H3. The van der Waals surface area contributed by atoms with Crippen molar-refractivity contribution in [1.29, 1.82) is 0 Å². The van der Waals surface area contributed by atoms with Gasteiger partial charge in [0, 0.05) is 19.1 Å². The third-order valence-corrected chi connectivity index (χ3v) is 3.35. The van der Waals surface area contributed by atoms with Crippen LogP contribution in [0, 0.1) is 11.8 Å². The molecule has 0 bridgehead atoms. The van der Waals surface area contributed by atoms with Gasteiger partial charge in [0.1, 0.15) is 0 Å². The van der Waals surface area contributed by atoms with E-state index in [2.05, 4.69) is 13.8 Å². The maximum atomic E-state index is 11.9. The normalized spacial score (nSPS) is 34.9. The molecule has 4 unspecified atom stereocenters. The minimum absolute atomic E-state index is 0.0228. The molecule has 1 fully saturated rings. The SMILES string of the molecule is CC1CC(C)C(OCCCC(F)(F)F)C(N)C1. The molecule has 0 aromatic carbocycles. The van der Waals surface area contributed by atoms with Crippen molar-refractivity contribution in [3.05, 3.63) is 0 Å². The van der Waals surface area contributed by atoms with Gasteiger partial charge in [-0.25, -0.2) is 0 Å². The predicted molar refractivity (Wildman–Crippen MR) is 60.6 cm³/mol. The van der Waals surface area contributed by atoms with Gasteiger partial charge in [0.25, 0.3) is 0 Å². The number of nitrogens with two attached hydrogens (primary N) is 1. The second kappa shape index (κ2) is 6.05. The summed E-state index contributed by atoms with van der Waals surface area (Å²) in [7, 11) is 0. The second-order valence-corrected chi connectivity index (χ2v) is 5.27. The molecule has 0 radical (unpaired) electrons. The summed E-state index contributed by atoms with van der Waals surface area (Å²) in [6, 6.07) is -0.0420. The first-order chi connectivity index (χ1) is 7.79. The minimum atomic E-state index is -4.09. The molecular formula is C12H22F3NO. The molecule has 1 aliphatic rings. The molecule has 0 aromatic rings. The molecule has 4 atom stereocenters. The van der Waals surface area contributed by atoms with Crippen LogP contribution in [0.1, 0.15) is 39.5 Å². The monoisotopic (exact) mass is 253 g/mol. The van der Waals surface area contributed by atoms with E-state index >= 15 is 0 Å². The Labute approximate surface area is 101 Å². The Hall–Kier alpha value is -0.290. The van der Waals surface area contributed by atoms with E-state index in [0.717, 1.165) is 12.8 Å². The van der Waals surface area contributed by atoms with Crippen molar-refractivity contribution in [2.24, 2.45) is 17.6 Å². The molecule has 0 aromatic heterocycles. The zero-order chi connectivity index (χ0) is 13.1. The van der Waals surface area contributed by atoms with Crippen LogP contribution in [0.2, 0.25) is 0 Å². The molecular weight excluding hydrogens is 231 g/mol. The van der Waals surface area contributed by atoms with Crippen LogP contribution in [0.4, 0.5) is 13.2 Å². The summed E-state index contributed by atoms with van der Waals surface area (Å²) < 4.78 is 41.4. The van der Waals surface area contributed by atoms with Gasteiger partial charge in [-0.2, -0.15) is 13.2 Å². The summed E-state index contributed by atoms with van der Waals surface area (Å²) in [4.78, 5) is 0. The van der Waals surface area contributed by atoms with Crippen LogP contribution in [0.3, 0.4) is 0 Å². The zero-order valence-corrected chi connectivity index (χ0v) is 10.5. The van der Waals surface area contributed by atoms with Crippen molar-refractivity contribution < 1.29 is 17.9 Å². The van der Waals surface area contributed by atoms with Gasteiger partial charge in [0.15, 0.2) is 0 Å². The number of rotatable bonds is 4. The number of ether oxygens (including phenoxy) is 1. The maximum absolute atomic E-state index is 11.9. The van der Waals surface area contributed by atoms with Crippen molar-refractivity contribution >= 4 is 0 Å². The van der Waals surface area contributed by atoms with Crippen molar-refractivity contribution in [2.45, 2.75) is 57.9 Å². The van der Waals surface area contributed by atoms with Gasteiger partial charge >= 0.3 is 6.18 Å². The molecule has 2 nitrogen and oxygen atoms in total. The third kappa shape index (κ3) is 5.25. The summed E-state index contributed by atoms with van der Waals surface area (Å²) in [5.74, 6) is 0.912. The Morgan fingerprint density at radius 3 is 2.41 bits per heavy atom. The van der Waals surface area contributed by atoms with Crippen molar-refractivity contribution in [3.8, 4) is 0 Å². The smallest absolute Gasteiger partial charge is 0.376 e. The molecule has 0 heterocycles. The second-order valence-electron chi connectivity index (χ2n) is 5.27. The summed E-state index contributed by atoms with van der Waals surface area (Å²) >= 11 is 0. The molecule has 0 aliphatic heterocycles. The summed E-state index contributed by atoms with van der Waals surface area (Å²) in [6.07, 6.45) is -2.99. The molecule has 0 spiro atoms. The Kier molecular flexibility index (Phi) is 5.25. The summed E-state index contributed by atoms with van der Waals surface area (Å²) in [5.41, 5.74) is 5.98. The van der Waals surface area contributed by atoms with E-state index in [1.54, 1.807) is 0 Å². The largest absolute Gasteiger partial charge is 0.389 e. The molecule has 5 heteroatoms. The fraction of sp³-hybridized carbons (Fsp3) is 1.00. The first kappa shape index (κ1) is 14.8. The lowest BCUT2D eigenvalue weighted by Gasteiger charge is -2.37. The fourth-order valence-electron chi connectivity index (χ4n) is 2.67. The van der Waals surface area contributed by atoms with Crippen LogP contribution in [0.25, 0.3) is 0 Å². The van der Waals surface area contributed by atoms with Gasteiger partial charge in [0.05, 0.1) is 6.10 Å². The molecule has 0 amide bonds. The van der Waals surface area contributed by atoms with Crippen molar-refractivity contribution in [1.82, 2.24) is 0 Å². The zero-order valence-electron chi connectivity index (χ0n) is 10.5. The minimum Gasteiger partial charge on any atom is -0.376 e. The van der Waals surface area contributed by atoms with E-state index in [1.807, 2.05) is 0 Å². The van der Waals surface area contributed by atoms with E-state index in [4.69, 9.17) is 10.5 Å². The molecule has 0 saturated heterocycles. The van der Waals surface area contributed by atoms with Gasteiger partial charge in [0.2, 0.25) is 0 Å². The van der Waals surface area contributed by atoms with E-state index in [1.165, 1.54) is 0 Å². The number of halogens is 3. The highest BCUT2D eigenvalue weighted by molar-refractivity contribution is 4.86. The average Bonchev–Trinajstić information content (AvgIpc) is 2.13. The Morgan fingerprint density at radius 1 is 1.24 bits per heavy atom. The van der Waals surface area contributed by atoms with Crippen LogP contribution in [-0.4, -0.2) is 24.9 Å². The van der Waals surface area contributed by atoms with Crippen LogP contribution >= 0.6 is 0 Å². The lowest BCUT2D eigenvalue weighted by atomic mass is 9.78. The van der Waals surface area contributed by atoms with Crippen molar-refractivity contribution in [2.75, 3.05) is 6.61 Å². The topological polar surface area (TPSA) is 35.2 Å². The van der Waals surface area contributed by atoms with Crippen LogP contribution in [0.5, 0.6) is 0 Å². The first-order valence-corrected chi connectivity index (χ1v) is 6.23.